The lowest BCUT2D eigenvalue weighted by Crippen LogP contribution is -2.06. The summed E-state index contributed by atoms with van der Waals surface area (Å²) in [6.07, 6.45) is -4.92. The lowest BCUT2D eigenvalue weighted by molar-refractivity contribution is -0.137. The van der Waals surface area contributed by atoms with Gasteiger partial charge in [0.2, 0.25) is 0 Å². The molecule has 0 aliphatic heterocycles. The van der Waals surface area contributed by atoms with Crippen LogP contribution in [0.2, 0.25) is 0 Å². The molecule has 0 radical (unpaired) electrons. The monoisotopic (exact) mass is 296 g/mol. The van der Waals surface area contributed by atoms with Crippen molar-refractivity contribution in [2.75, 3.05) is 0 Å². The third-order valence-electron chi connectivity index (χ3n) is 3.02. The normalized spacial score (nSPS) is 13.0. The van der Waals surface area contributed by atoms with Crippen molar-refractivity contribution in [3.63, 3.8) is 0 Å². The fraction of sp³-hybridized carbons (Fsp3) is 0.250. The second kappa shape index (κ2) is 6.18. The van der Waals surface area contributed by atoms with Gasteiger partial charge in [0, 0.05) is 0 Å². The van der Waals surface area contributed by atoms with Gasteiger partial charge in [-0.25, -0.2) is 0 Å². The summed E-state index contributed by atoms with van der Waals surface area (Å²) in [5.74, 6) is 0.539. The maximum absolute atomic E-state index is 12.6. The van der Waals surface area contributed by atoms with Gasteiger partial charge >= 0.3 is 6.18 Å². The van der Waals surface area contributed by atoms with Crippen molar-refractivity contribution in [2.45, 2.75) is 25.8 Å². The third kappa shape index (κ3) is 4.23. The van der Waals surface area contributed by atoms with E-state index < -0.39 is 17.8 Å². The molecule has 0 bridgehead atoms. The molecule has 1 N–H and O–H groups in total. The summed E-state index contributed by atoms with van der Waals surface area (Å²) in [5.41, 5.74) is 0.513. The highest BCUT2D eigenvalue weighted by Gasteiger charge is 2.30. The number of benzene rings is 2. The van der Waals surface area contributed by atoms with Crippen LogP contribution in [0, 0.1) is 0 Å². The lowest BCUT2D eigenvalue weighted by atomic mass is 10.1. The van der Waals surface area contributed by atoms with Gasteiger partial charge in [-0.15, -0.1) is 0 Å². The van der Waals surface area contributed by atoms with Gasteiger partial charge in [0.25, 0.3) is 0 Å². The molecule has 0 amide bonds. The van der Waals surface area contributed by atoms with Crippen molar-refractivity contribution in [1.82, 2.24) is 0 Å². The molecule has 0 spiro atoms. The van der Waals surface area contributed by atoms with Gasteiger partial charge in [-0.2, -0.15) is 13.2 Å². The van der Waals surface area contributed by atoms with Gasteiger partial charge in [0.05, 0.1) is 11.7 Å². The zero-order valence-electron chi connectivity index (χ0n) is 11.4. The van der Waals surface area contributed by atoms with Crippen molar-refractivity contribution in [1.29, 1.82) is 0 Å². The Hall–Kier alpha value is -2.01. The summed E-state index contributed by atoms with van der Waals surface area (Å²) >= 11 is 0. The average Bonchev–Trinajstić information content (AvgIpc) is 2.45. The fourth-order valence-corrected chi connectivity index (χ4v) is 1.85. The molecule has 2 aromatic rings. The van der Waals surface area contributed by atoms with E-state index >= 15 is 0 Å². The van der Waals surface area contributed by atoms with Crippen LogP contribution < -0.4 is 4.74 Å². The van der Waals surface area contributed by atoms with Gasteiger partial charge in [-0.1, -0.05) is 24.3 Å². The van der Waals surface area contributed by atoms with Crippen molar-refractivity contribution in [2.24, 2.45) is 0 Å². The van der Waals surface area contributed by atoms with Crippen LogP contribution in [0.25, 0.3) is 0 Å². The molecule has 0 aliphatic rings. The third-order valence-corrected chi connectivity index (χ3v) is 3.02. The minimum Gasteiger partial charge on any atom is -0.489 e. The average molecular weight is 296 g/mol. The first kappa shape index (κ1) is 15.4. The molecule has 5 heteroatoms. The molecule has 0 aliphatic carbocycles. The summed E-state index contributed by atoms with van der Waals surface area (Å²) in [6.45, 7) is 1.70. The van der Waals surface area contributed by atoms with Crippen LogP contribution in [-0.2, 0) is 12.8 Å². The number of alkyl halides is 3. The number of halogens is 3. The van der Waals surface area contributed by atoms with E-state index in [1.165, 1.54) is 6.07 Å². The molecule has 2 aromatic carbocycles. The minimum absolute atomic E-state index is 0.0535. The first-order valence-electron chi connectivity index (χ1n) is 6.43. The van der Waals surface area contributed by atoms with E-state index in [-0.39, 0.29) is 6.61 Å². The van der Waals surface area contributed by atoms with E-state index in [2.05, 4.69) is 0 Å². The SMILES string of the molecule is C[C@@H](O)c1ccc(OCc2cccc(C(F)(F)F)c2)cc1. The van der Waals surface area contributed by atoms with E-state index in [9.17, 15) is 18.3 Å². The van der Waals surface area contributed by atoms with Crippen LogP contribution in [0.3, 0.4) is 0 Å². The smallest absolute Gasteiger partial charge is 0.416 e. The molecule has 0 saturated carbocycles. The molecule has 21 heavy (non-hydrogen) atoms. The van der Waals surface area contributed by atoms with E-state index in [1.807, 2.05) is 0 Å². The Morgan fingerprint density at radius 3 is 2.33 bits per heavy atom. The van der Waals surface area contributed by atoms with E-state index in [4.69, 9.17) is 4.74 Å². The minimum atomic E-state index is -4.35. The van der Waals surface area contributed by atoms with Crippen molar-refractivity contribution < 1.29 is 23.0 Å². The Balaban J connectivity index is 2.03. The molecular formula is C16H15F3O2. The number of ether oxygens (including phenoxy) is 1. The van der Waals surface area contributed by atoms with Gasteiger partial charge in [-0.05, 0) is 42.3 Å². The van der Waals surface area contributed by atoms with Gasteiger partial charge in [0.15, 0.2) is 0 Å². The Morgan fingerprint density at radius 2 is 1.76 bits per heavy atom. The second-order valence-corrected chi connectivity index (χ2v) is 4.73. The van der Waals surface area contributed by atoms with Crippen molar-refractivity contribution in [3.8, 4) is 5.75 Å². The number of hydrogen-bond donors (Lipinski definition) is 1. The van der Waals surface area contributed by atoms with E-state index in [0.717, 1.165) is 17.7 Å². The van der Waals surface area contributed by atoms with E-state index in [0.29, 0.717) is 11.3 Å². The highest BCUT2D eigenvalue weighted by atomic mass is 19.4. The van der Waals surface area contributed by atoms with Crippen molar-refractivity contribution >= 4 is 0 Å². The molecule has 1 atom stereocenters. The van der Waals surface area contributed by atoms with Gasteiger partial charge in [-0.3, -0.25) is 0 Å². The van der Waals surface area contributed by atoms with Crippen LogP contribution in [0.15, 0.2) is 48.5 Å². The highest BCUT2D eigenvalue weighted by Crippen LogP contribution is 2.29. The summed E-state index contributed by atoms with van der Waals surface area (Å²) in [5, 5.41) is 9.38. The predicted octanol–water partition coefficient (Wildman–Crippen LogP) is 4.34. The molecule has 0 saturated heterocycles. The highest BCUT2D eigenvalue weighted by molar-refractivity contribution is 5.29. The molecule has 0 fully saturated rings. The van der Waals surface area contributed by atoms with Crippen LogP contribution in [0.5, 0.6) is 5.75 Å². The maximum Gasteiger partial charge on any atom is 0.416 e. The quantitative estimate of drug-likeness (QED) is 0.909. The van der Waals surface area contributed by atoms with Crippen LogP contribution in [0.1, 0.15) is 29.7 Å². The Morgan fingerprint density at radius 1 is 1.10 bits per heavy atom. The lowest BCUT2D eigenvalue weighted by Gasteiger charge is -2.11. The summed E-state index contributed by atoms with van der Waals surface area (Å²) < 4.78 is 43.2. The fourth-order valence-electron chi connectivity index (χ4n) is 1.85. The Kier molecular flexibility index (Phi) is 4.53. The first-order valence-corrected chi connectivity index (χ1v) is 6.43. The van der Waals surface area contributed by atoms with Gasteiger partial charge in [0.1, 0.15) is 12.4 Å². The molecule has 0 heterocycles. The van der Waals surface area contributed by atoms with Crippen molar-refractivity contribution in [3.05, 3.63) is 65.2 Å². The number of aliphatic hydroxyl groups excluding tert-OH is 1. The Bertz CT molecular complexity index is 589. The topological polar surface area (TPSA) is 29.5 Å². The predicted molar refractivity (Wildman–Crippen MR) is 72.9 cm³/mol. The molecule has 0 unspecified atom stereocenters. The molecule has 112 valence electrons. The molecule has 0 aromatic heterocycles. The molecule has 2 nitrogen and oxygen atoms in total. The Labute approximate surface area is 120 Å². The van der Waals surface area contributed by atoms with E-state index in [1.54, 1.807) is 37.3 Å². The zero-order valence-corrected chi connectivity index (χ0v) is 11.4. The summed E-state index contributed by atoms with van der Waals surface area (Å²) in [6, 6.07) is 11.8. The second-order valence-electron chi connectivity index (χ2n) is 4.73. The van der Waals surface area contributed by atoms with Gasteiger partial charge < -0.3 is 9.84 Å². The van der Waals surface area contributed by atoms with Crippen LogP contribution in [0.4, 0.5) is 13.2 Å². The standard InChI is InChI=1S/C16H15F3O2/c1-11(20)13-5-7-15(8-6-13)21-10-12-3-2-4-14(9-12)16(17,18)19/h2-9,11,20H,10H2,1H3/t11-/m1/s1. The van der Waals surface area contributed by atoms with Crippen LogP contribution >= 0.6 is 0 Å². The summed E-state index contributed by atoms with van der Waals surface area (Å²) in [4.78, 5) is 0. The molecule has 2 rings (SSSR count). The zero-order chi connectivity index (χ0) is 15.5. The number of hydrogen-bond acceptors (Lipinski definition) is 2. The first-order chi connectivity index (χ1) is 9.86. The summed E-state index contributed by atoms with van der Waals surface area (Å²) in [7, 11) is 0. The molecular weight excluding hydrogens is 281 g/mol. The largest absolute Gasteiger partial charge is 0.489 e. The van der Waals surface area contributed by atoms with Crippen LogP contribution in [-0.4, -0.2) is 5.11 Å². The number of rotatable bonds is 4. The number of aliphatic hydroxyl groups is 1. The maximum atomic E-state index is 12.6.